The van der Waals surface area contributed by atoms with Crippen LogP contribution in [0.25, 0.3) is 0 Å². The predicted molar refractivity (Wildman–Crippen MR) is 69.1 cm³/mol. The maximum absolute atomic E-state index is 13.4. The summed E-state index contributed by atoms with van der Waals surface area (Å²) in [6, 6.07) is 4.74. The lowest BCUT2D eigenvalue weighted by Gasteiger charge is -2.17. The number of nitrogens with one attached hydrogen (secondary N) is 1. The number of carbonyl (C=O) groups is 1. The first-order valence-electron chi connectivity index (χ1n) is 5.32. The van der Waals surface area contributed by atoms with Crippen molar-refractivity contribution in [3.8, 4) is 0 Å². The van der Waals surface area contributed by atoms with Crippen LogP contribution in [0.5, 0.6) is 0 Å². The highest BCUT2D eigenvalue weighted by Gasteiger charge is 2.20. The van der Waals surface area contributed by atoms with Gasteiger partial charge in [-0.15, -0.1) is 0 Å². The second-order valence-electron chi connectivity index (χ2n) is 4.46. The van der Waals surface area contributed by atoms with Gasteiger partial charge in [-0.3, -0.25) is 4.79 Å². The first-order chi connectivity index (χ1) is 7.80. The topological polar surface area (TPSA) is 55.1 Å². The fourth-order valence-corrected chi connectivity index (χ4v) is 1.68. The molecule has 1 amide bonds. The number of rotatable bonds is 4. The molecule has 0 aromatic heterocycles. The van der Waals surface area contributed by atoms with Crippen molar-refractivity contribution in [1.29, 1.82) is 0 Å². The molecular formula is C12H16BrFN2O. The minimum Gasteiger partial charge on any atom is -0.354 e. The SMILES string of the molecule is CC(C)(N)C(=O)NCCc1cc(Br)ccc1F. The van der Waals surface area contributed by atoms with Gasteiger partial charge in [-0.05, 0) is 44.0 Å². The first kappa shape index (κ1) is 14.1. The Kier molecular flexibility index (Phi) is 4.65. The molecule has 3 nitrogen and oxygen atoms in total. The minimum absolute atomic E-state index is 0.243. The molecular weight excluding hydrogens is 287 g/mol. The van der Waals surface area contributed by atoms with Crippen LogP contribution < -0.4 is 11.1 Å². The fourth-order valence-electron chi connectivity index (χ4n) is 1.27. The van der Waals surface area contributed by atoms with Gasteiger partial charge in [0.05, 0.1) is 5.54 Å². The van der Waals surface area contributed by atoms with E-state index in [1.54, 1.807) is 26.0 Å². The van der Waals surface area contributed by atoms with Crippen molar-refractivity contribution in [3.05, 3.63) is 34.1 Å². The highest BCUT2D eigenvalue weighted by molar-refractivity contribution is 9.10. The summed E-state index contributed by atoms with van der Waals surface area (Å²) in [6.07, 6.45) is 0.438. The van der Waals surface area contributed by atoms with E-state index in [4.69, 9.17) is 5.73 Å². The molecule has 0 aliphatic rings. The van der Waals surface area contributed by atoms with Gasteiger partial charge in [0.2, 0.25) is 5.91 Å². The smallest absolute Gasteiger partial charge is 0.239 e. The summed E-state index contributed by atoms with van der Waals surface area (Å²) >= 11 is 3.27. The average Bonchev–Trinajstić information content (AvgIpc) is 2.21. The van der Waals surface area contributed by atoms with E-state index in [2.05, 4.69) is 21.2 Å². The van der Waals surface area contributed by atoms with Crippen LogP contribution in [0.2, 0.25) is 0 Å². The summed E-state index contributed by atoms with van der Waals surface area (Å²) in [7, 11) is 0. The number of carbonyl (C=O) groups excluding carboxylic acids is 1. The van der Waals surface area contributed by atoms with Gasteiger partial charge in [-0.1, -0.05) is 15.9 Å². The van der Waals surface area contributed by atoms with Crippen LogP contribution in [0.1, 0.15) is 19.4 Å². The second-order valence-corrected chi connectivity index (χ2v) is 5.38. The lowest BCUT2D eigenvalue weighted by Crippen LogP contribution is -2.49. The van der Waals surface area contributed by atoms with E-state index < -0.39 is 5.54 Å². The molecule has 0 aliphatic heterocycles. The highest BCUT2D eigenvalue weighted by atomic mass is 79.9. The summed E-state index contributed by atoms with van der Waals surface area (Å²) < 4.78 is 14.2. The van der Waals surface area contributed by atoms with Crippen LogP contribution in [0.3, 0.4) is 0 Å². The number of hydrogen-bond acceptors (Lipinski definition) is 2. The van der Waals surface area contributed by atoms with E-state index in [-0.39, 0.29) is 11.7 Å². The van der Waals surface area contributed by atoms with Crippen molar-refractivity contribution < 1.29 is 9.18 Å². The van der Waals surface area contributed by atoms with Gasteiger partial charge in [-0.2, -0.15) is 0 Å². The molecule has 17 heavy (non-hydrogen) atoms. The van der Waals surface area contributed by atoms with Gasteiger partial charge in [0.1, 0.15) is 5.82 Å². The fraction of sp³-hybridized carbons (Fsp3) is 0.417. The highest BCUT2D eigenvalue weighted by Crippen LogP contribution is 2.15. The molecule has 0 spiro atoms. The predicted octanol–water partition coefficient (Wildman–Crippen LogP) is 1.98. The molecule has 94 valence electrons. The third-order valence-electron chi connectivity index (χ3n) is 2.27. The molecule has 0 unspecified atom stereocenters. The Hall–Kier alpha value is -0.940. The number of amides is 1. The first-order valence-corrected chi connectivity index (χ1v) is 6.11. The average molecular weight is 303 g/mol. The maximum atomic E-state index is 13.4. The van der Waals surface area contributed by atoms with Crippen LogP contribution >= 0.6 is 15.9 Å². The number of benzene rings is 1. The van der Waals surface area contributed by atoms with Crippen molar-refractivity contribution in [2.24, 2.45) is 5.73 Å². The molecule has 0 saturated carbocycles. The molecule has 5 heteroatoms. The summed E-state index contributed by atoms with van der Waals surface area (Å²) in [5.74, 6) is -0.512. The lowest BCUT2D eigenvalue weighted by molar-refractivity contribution is -0.125. The maximum Gasteiger partial charge on any atom is 0.239 e. The Balaban J connectivity index is 2.52. The van der Waals surface area contributed by atoms with E-state index >= 15 is 0 Å². The lowest BCUT2D eigenvalue weighted by atomic mass is 10.1. The largest absolute Gasteiger partial charge is 0.354 e. The molecule has 0 aliphatic carbocycles. The molecule has 0 radical (unpaired) electrons. The quantitative estimate of drug-likeness (QED) is 0.893. The van der Waals surface area contributed by atoms with E-state index in [0.29, 0.717) is 18.5 Å². The van der Waals surface area contributed by atoms with Crippen LogP contribution in [0, 0.1) is 5.82 Å². The van der Waals surface area contributed by atoms with Crippen molar-refractivity contribution in [3.63, 3.8) is 0 Å². The van der Waals surface area contributed by atoms with Crippen molar-refractivity contribution in [1.82, 2.24) is 5.32 Å². The second kappa shape index (κ2) is 5.60. The Morgan fingerprint density at radius 1 is 1.53 bits per heavy atom. The van der Waals surface area contributed by atoms with Gasteiger partial charge in [-0.25, -0.2) is 4.39 Å². The summed E-state index contributed by atoms with van der Waals surface area (Å²) in [6.45, 7) is 3.62. The molecule has 1 rings (SSSR count). The molecule has 0 bridgehead atoms. The van der Waals surface area contributed by atoms with Gasteiger partial charge in [0, 0.05) is 11.0 Å². The van der Waals surface area contributed by atoms with Gasteiger partial charge in [0.15, 0.2) is 0 Å². The Labute approximate surface area is 109 Å². The third-order valence-corrected chi connectivity index (χ3v) is 2.77. The van der Waals surface area contributed by atoms with E-state index in [9.17, 15) is 9.18 Å². The Bertz CT molecular complexity index is 415. The zero-order valence-corrected chi connectivity index (χ0v) is 11.5. The molecule has 0 atom stereocenters. The third kappa shape index (κ3) is 4.44. The zero-order valence-electron chi connectivity index (χ0n) is 9.89. The van der Waals surface area contributed by atoms with Crippen LogP contribution in [0.15, 0.2) is 22.7 Å². The van der Waals surface area contributed by atoms with Crippen molar-refractivity contribution >= 4 is 21.8 Å². The molecule has 0 heterocycles. The van der Waals surface area contributed by atoms with Gasteiger partial charge in [0.25, 0.3) is 0 Å². The van der Waals surface area contributed by atoms with Crippen molar-refractivity contribution in [2.45, 2.75) is 25.8 Å². The molecule has 0 saturated heterocycles. The van der Waals surface area contributed by atoms with E-state index in [1.165, 1.54) is 6.07 Å². The van der Waals surface area contributed by atoms with Gasteiger partial charge >= 0.3 is 0 Å². The zero-order chi connectivity index (χ0) is 13.1. The number of halogens is 2. The van der Waals surface area contributed by atoms with Crippen LogP contribution in [-0.2, 0) is 11.2 Å². The minimum atomic E-state index is -0.907. The van der Waals surface area contributed by atoms with Crippen molar-refractivity contribution in [2.75, 3.05) is 6.54 Å². The molecule has 3 N–H and O–H groups in total. The molecule has 0 fully saturated rings. The Morgan fingerprint density at radius 2 is 2.18 bits per heavy atom. The monoisotopic (exact) mass is 302 g/mol. The van der Waals surface area contributed by atoms with Gasteiger partial charge < -0.3 is 11.1 Å². The molecule has 1 aromatic carbocycles. The van der Waals surface area contributed by atoms with Crippen LogP contribution in [0.4, 0.5) is 4.39 Å². The summed E-state index contributed by atoms with van der Waals surface area (Å²) in [5.41, 5.74) is 5.28. The number of hydrogen-bond donors (Lipinski definition) is 2. The van der Waals surface area contributed by atoms with Crippen LogP contribution in [-0.4, -0.2) is 18.0 Å². The normalized spacial score (nSPS) is 11.4. The number of nitrogens with two attached hydrogens (primary N) is 1. The molecule has 1 aromatic rings. The van der Waals surface area contributed by atoms with E-state index in [0.717, 1.165) is 4.47 Å². The standard InChI is InChI=1S/C12H16BrFN2O/c1-12(2,15)11(17)16-6-5-8-7-9(13)3-4-10(8)14/h3-4,7H,5-6,15H2,1-2H3,(H,16,17). The summed E-state index contributed by atoms with van der Waals surface area (Å²) in [4.78, 5) is 11.5. The Morgan fingerprint density at radius 3 is 2.76 bits per heavy atom. The summed E-state index contributed by atoms with van der Waals surface area (Å²) in [5, 5.41) is 2.67. The van der Waals surface area contributed by atoms with E-state index in [1.807, 2.05) is 0 Å².